The van der Waals surface area contributed by atoms with Crippen molar-refractivity contribution in [3.63, 3.8) is 0 Å². The number of nitrogens with one attached hydrogen (secondary N) is 1. The number of hydrogen-bond acceptors (Lipinski definition) is 7. The summed E-state index contributed by atoms with van der Waals surface area (Å²) in [7, 11) is 1.71. The molecule has 0 spiro atoms. The molecule has 12 heteroatoms. The third-order valence-corrected chi connectivity index (χ3v) is 6.02. The van der Waals surface area contributed by atoms with E-state index in [1.165, 1.54) is 30.5 Å². The van der Waals surface area contributed by atoms with E-state index in [-0.39, 0.29) is 23.9 Å². The molecule has 0 radical (unpaired) electrons. The summed E-state index contributed by atoms with van der Waals surface area (Å²) in [6, 6.07) is 11.0. The first-order chi connectivity index (χ1) is 17.7. The zero-order valence-electron chi connectivity index (χ0n) is 19.6. The van der Waals surface area contributed by atoms with E-state index in [2.05, 4.69) is 20.4 Å². The number of aryl methyl sites for hydroxylation is 2. The maximum absolute atomic E-state index is 15.0. The molecule has 0 atom stereocenters. The second-order valence-corrected chi connectivity index (χ2v) is 8.79. The minimum Gasteiger partial charge on any atom is -0.323 e. The van der Waals surface area contributed by atoms with Gasteiger partial charge in [0.15, 0.2) is 0 Å². The van der Waals surface area contributed by atoms with Crippen LogP contribution in [0.15, 0.2) is 64.6 Å². The third kappa shape index (κ3) is 4.57. The van der Waals surface area contributed by atoms with E-state index in [9.17, 15) is 19.2 Å². The summed E-state index contributed by atoms with van der Waals surface area (Å²) >= 11 is 6.36. The predicted octanol–water partition coefficient (Wildman–Crippen LogP) is 3.44. The second-order valence-electron chi connectivity index (χ2n) is 8.38. The van der Waals surface area contributed by atoms with Gasteiger partial charge in [0.2, 0.25) is 5.95 Å². The van der Waals surface area contributed by atoms with Crippen LogP contribution in [-0.2, 0) is 13.6 Å². The Morgan fingerprint density at radius 3 is 2.73 bits per heavy atom. The summed E-state index contributed by atoms with van der Waals surface area (Å²) in [4.78, 5) is 34.8. The third-order valence-electron chi connectivity index (χ3n) is 5.65. The number of nitrogens with zero attached hydrogens (tertiary/aromatic N) is 7. The molecule has 3 heterocycles. The van der Waals surface area contributed by atoms with Crippen molar-refractivity contribution in [2.24, 2.45) is 7.05 Å². The molecular formula is C25H18ClFN8O2. The molecule has 184 valence electrons. The number of nitriles is 1. The zero-order valence-corrected chi connectivity index (χ0v) is 20.4. The zero-order chi connectivity index (χ0) is 26.3. The SMILES string of the molecule is Cc1cncc(-n2c(=O)nc(Nc3cc4cn(C)nc4cc3F)n(Cc3cc(C#N)ccc3Cl)c2=O)c1. The monoisotopic (exact) mass is 516 g/mol. The van der Waals surface area contributed by atoms with Crippen LogP contribution in [-0.4, -0.2) is 28.9 Å². The molecule has 5 aromatic rings. The molecule has 0 aliphatic heterocycles. The number of hydrogen-bond donors (Lipinski definition) is 1. The van der Waals surface area contributed by atoms with Gasteiger partial charge in [-0.25, -0.2) is 18.5 Å². The number of aromatic nitrogens is 6. The van der Waals surface area contributed by atoms with E-state index < -0.39 is 17.2 Å². The van der Waals surface area contributed by atoms with Crippen LogP contribution in [0.4, 0.5) is 16.0 Å². The first-order valence-electron chi connectivity index (χ1n) is 11.0. The van der Waals surface area contributed by atoms with Crippen molar-refractivity contribution in [3.05, 3.63) is 103 Å². The molecule has 0 amide bonds. The van der Waals surface area contributed by atoms with Crippen LogP contribution in [0, 0.1) is 24.1 Å². The average Bonchev–Trinajstić information content (AvgIpc) is 3.21. The first-order valence-corrected chi connectivity index (χ1v) is 11.4. The van der Waals surface area contributed by atoms with Gasteiger partial charge in [0, 0.05) is 35.9 Å². The van der Waals surface area contributed by atoms with E-state index in [0.717, 1.165) is 14.7 Å². The summed E-state index contributed by atoms with van der Waals surface area (Å²) in [5, 5.41) is 17.2. The molecule has 37 heavy (non-hydrogen) atoms. The van der Waals surface area contributed by atoms with Gasteiger partial charge in [-0.3, -0.25) is 14.2 Å². The van der Waals surface area contributed by atoms with Gasteiger partial charge in [-0.15, -0.1) is 0 Å². The van der Waals surface area contributed by atoms with Crippen molar-refractivity contribution < 1.29 is 4.39 Å². The average molecular weight is 517 g/mol. The van der Waals surface area contributed by atoms with Gasteiger partial charge >= 0.3 is 11.4 Å². The van der Waals surface area contributed by atoms with E-state index in [4.69, 9.17) is 11.6 Å². The van der Waals surface area contributed by atoms with Crippen LogP contribution in [0.1, 0.15) is 16.7 Å². The molecule has 0 aliphatic carbocycles. The lowest BCUT2D eigenvalue weighted by atomic mass is 10.1. The van der Waals surface area contributed by atoms with Gasteiger partial charge in [0.25, 0.3) is 0 Å². The fourth-order valence-electron chi connectivity index (χ4n) is 3.94. The van der Waals surface area contributed by atoms with Crippen molar-refractivity contribution in [2.75, 3.05) is 5.32 Å². The van der Waals surface area contributed by atoms with Gasteiger partial charge in [0.1, 0.15) is 5.82 Å². The molecule has 5 rings (SSSR count). The van der Waals surface area contributed by atoms with Gasteiger partial charge in [-0.2, -0.15) is 15.3 Å². The minimum atomic E-state index is -0.879. The molecule has 3 aromatic heterocycles. The summed E-state index contributed by atoms with van der Waals surface area (Å²) in [5.41, 5.74) is 0.525. The van der Waals surface area contributed by atoms with Crippen LogP contribution in [0.5, 0.6) is 0 Å². The van der Waals surface area contributed by atoms with Crippen LogP contribution < -0.4 is 16.7 Å². The smallest absolute Gasteiger partial charge is 0.323 e. The highest BCUT2D eigenvalue weighted by atomic mass is 35.5. The van der Waals surface area contributed by atoms with Crippen molar-refractivity contribution in [2.45, 2.75) is 13.5 Å². The number of fused-ring (bicyclic) bond motifs is 1. The van der Waals surface area contributed by atoms with Crippen molar-refractivity contribution in [1.82, 2.24) is 28.9 Å². The number of rotatable bonds is 5. The lowest BCUT2D eigenvalue weighted by Crippen LogP contribution is -2.42. The molecule has 0 bridgehead atoms. The summed E-state index contributed by atoms with van der Waals surface area (Å²) < 4.78 is 18.5. The molecule has 0 saturated carbocycles. The molecule has 0 aliphatic rings. The van der Waals surface area contributed by atoms with E-state index >= 15 is 0 Å². The van der Waals surface area contributed by atoms with Crippen molar-refractivity contribution in [3.8, 4) is 11.8 Å². The number of anilines is 2. The fraction of sp³-hybridized carbons (Fsp3) is 0.120. The Morgan fingerprint density at radius 1 is 1.16 bits per heavy atom. The Labute approximate surface area is 213 Å². The van der Waals surface area contributed by atoms with Crippen LogP contribution in [0.2, 0.25) is 5.02 Å². The summed E-state index contributed by atoms with van der Waals surface area (Å²) in [6.45, 7) is 1.62. The molecule has 0 saturated heterocycles. The highest BCUT2D eigenvalue weighted by Crippen LogP contribution is 2.25. The molecule has 0 unspecified atom stereocenters. The minimum absolute atomic E-state index is 0.00704. The number of pyridine rings is 1. The summed E-state index contributed by atoms with van der Waals surface area (Å²) in [5.74, 6) is -0.851. The molecular weight excluding hydrogens is 499 g/mol. The predicted molar refractivity (Wildman–Crippen MR) is 136 cm³/mol. The summed E-state index contributed by atoms with van der Waals surface area (Å²) in [6.07, 6.45) is 4.66. The normalized spacial score (nSPS) is 11.0. The maximum Gasteiger partial charge on any atom is 0.359 e. The first kappa shape index (κ1) is 23.9. The van der Waals surface area contributed by atoms with Crippen LogP contribution in [0.25, 0.3) is 16.6 Å². The van der Waals surface area contributed by atoms with E-state index in [1.54, 1.807) is 43.2 Å². The highest BCUT2D eigenvalue weighted by Gasteiger charge is 2.18. The van der Waals surface area contributed by atoms with Crippen LogP contribution >= 0.6 is 11.6 Å². The molecule has 0 fully saturated rings. The maximum atomic E-state index is 15.0. The van der Waals surface area contributed by atoms with Gasteiger partial charge in [-0.05, 0) is 48.4 Å². The van der Waals surface area contributed by atoms with E-state index in [1.807, 2.05) is 6.07 Å². The molecule has 10 nitrogen and oxygen atoms in total. The Hall–Kier alpha value is -4.82. The Morgan fingerprint density at radius 2 is 1.97 bits per heavy atom. The quantitative estimate of drug-likeness (QED) is 0.379. The standard InChI is InChI=1S/C25H18ClFN8O2/c1-14-5-18(11-29-10-14)35-24(36)31-23(30-22-7-17-12-33(2)32-21(17)8-20(22)27)34(25(35)37)13-16-6-15(9-28)3-4-19(16)26/h3-8,10-12H,13H2,1-2H3,(H,30,31,36). The Bertz CT molecular complexity index is 1850. The Kier molecular flexibility index (Phi) is 6.02. The topological polar surface area (TPSA) is 123 Å². The van der Waals surface area contributed by atoms with Crippen LogP contribution in [0.3, 0.4) is 0 Å². The lowest BCUT2D eigenvalue weighted by molar-refractivity contribution is 0.628. The Balaban J connectivity index is 1.70. The van der Waals surface area contributed by atoms with Crippen molar-refractivity contribution >= 4 is 34.1 Å². The molecule has 2 aromatic carbocycles. The van der Waals surface area contributed by atoms with Crippen molar-refractivity contribution in [1.29, 1.82) is 5.26 Å². The lowest BCUT2D eigenvalue weighted by Gasteiger charge is -2.17. The largest absolute Gasteiger partial charge is 0.359 e. The number of halogens is 2. The van der Waals surface area contributed by atoms with Gasteiger partial charge in [-0.1, -0.05) is 11.6 Å². The van der Waals surface area contributed by atoms with Gasteiger partial charge in [0.05, 0.1) is 41.3 Å². The molecule has 1 N–H and O–H groups in total. The van der Waals surface area contributed by atoms with Gasteiger partial charge < -0.3 is 5.32 Å². The second kappa shape index (κ2) is 9.33. The fourth-order valence-corrected chi connectivity index (χ4v) is 4.11. The number of benzene rings is 2. The van der Waals surface area contributed by atoms with E-state index in [0.29, 0.717) is 27.1 Å². The highest BCUT2D eigenvalue weighted by molar-refractivity contribution is 6.31.